The summed E-state index contributed by atoms with van der Waals surface area (Å²) in [5.41, 5.74) is 5.99. The number of nitrogens with zero attached hydrogens (tertiary/aromatic N) is 2. The second-order valence-electron chi connectivity index (χ2n) is 7.21. The monoisotopic (exact) mass is 395 g/mol. The molecule has 0 spiro atoms. The molecule has 3 rings (SSSR count). The van der Waals surface area contributed by atoms with Crippen molar-refractivity contribution in [1.29, 1.82) is 0 Å². The Morgan fingerprint density at radius 2 is 1.75 bits per heavy atom. The number of carbonyl (C=O) groups excluding carboxylic acids is 2. The minimum Gasteiger partial charge on any atom is -0.326 e. The molecule has 0 aliphatic carbocycles. The lowest BCUT2D eigenvalue weighted by Gasteiger charge is -2.11. The quantitative estimate of drug-likeness (QED) is 0.828. The molecule has 0 radical (unpaired) electrons. The Bertz CT molecular complexity index is 945. The van der Waals surface area contributed by atoms with Crippen molar-refractivity contribution in [3.63, 3.8) is 0 Å². The number of rotatable bonds is 4. The fourth-order valence-electron chi connectivity index (χ4n) is 3.32. The Morgan fingerprint density at radius 1 is 1.11 bits per heavy atom. The van der Waals surface area contributed by atoms with Gasteiger partial charge in [-0.15, -0.1) is 0 Å². The van der Waals surface area contributed by atoms with Gasteiger partial charge < -0.3 is 5.32 Å². The zero-order valence-corrected chi connectivity index (χ0v) is 17.7. The standard InChI is InChI=1S/C22H25N3O2S/c1-13-10-15(3)20(16(4)11-13)24-22-25(5)21(27)18(28-22)12-19(26)23-17-9-7-6-8-14(17)2/h6-11,18H,12H2,1-5H3,(H,23,26)/t18-/m1/s1. The lowest BCUT2D eigenvalue weighted by Crippen LogP contribution is -2.30. The molecule has 28 heavy (non-hydrogen) atoms. The van der Waals surface area contributed by atoms with E-state index in [1.54, 1.807) is 11.9 Å². The van der Waals surface area contributed by atoms with E-state index in [-0.39, 0.29) is 18.2 Å². The SMILES string of the molecule is Cc1cc(C)c(N=C2S[C@H](CC(=O)Nc3ccccc3C)C(=O)N2C)c(C)c1. The van der Waals surface area contributed by atoms with Gasteiger partial charge in [0.2, 0.25) is 11.8 Å². The van der Waals surface area contributed by atoms with Gasteiger partial charge >= 0.3 is 0 Å². The maximum Gasteiger partial charge on any atom is 0.242 e. The van der Waals surface area contributed by atoms with Gasteiger partial charge in [-0.3, -0.25) is 14.5 Å². The van der Waals surface area contributed by atoms with Crippen molar-refractivity contribution in [1.82, 2.24) is 4.90 Å². The highest BCUT2D eigenvalue weighted by atomic mass is 32.2. The molecule has 0 unspecified atom stereocenters. The summed E-state index contributed by atoms with van der Waals surface area (Å²) in [6.07, 6.45) is 0.118. The van der Waals surface area contributed by atoms with E-state index in [4.69, 9.17) is 4.99 Å². The molecule has 2 aromatic carbocycles. The number of carbonyl (C=O) groups is 2. The predicted molar refractivity (Wildman–Crippen MR) is 116 cm³/mol. The number of hydrogen-bond donors (Lipinski definition) is 1. The Morgan fingerprint density at radius 3 is 2.39 bits per heavy atom. The van der Waals surface area contributed by atoms with Crippen molar-refractivity contribution in [3.8, 4) is 0 Å². The molecule has 1 aliphatic rings. The van der Waals surface area contributed by atoms with E-state index in [2.05, 4.69) is 24.4 Å². The molecule has 2 amide bonds. The van der Waals surface area contributed by atoms with E-state index in [9.17, 15) is 9.59 Å². The van der Waals surface area contributed by atoms with Crippen molar-refractivity contribution >= 4 is 40.1 Å². The average molecular weight is 396 g/mol. The molecule has 2 aromatic rings. The second-order valence-corrected chi connectivity index (χ2v) is 8.38. The van der Waals surface area contributed by atoms with Gasteiger partial charge in [-0.2, -0.15) is 0 Å². The zero-order chi connectivity index (χ0) is 20.4. The minimum absolute atomic E-state index is 0.0916. The molecular weight excluding hydrogens is 370 g/mol. The van der Waals surface area contributed by atoms with Crippen LogP contribution < -0.4 is 5.32 Å². The fraction of sp³-hybridized carbons (Fsp3) is 0.318. The topological polar surface area (TPSA) is 61.8 Å². The molecule has 1 N–H and O–H groups in total. The third kappa shape index (κ3) is 4.28. The van der Waals surface area contributed by atoms with E-state index < -0.39 is 5.25 Å². The number of nitrogens with one attached hydrogen (secondary N) is 1. The van der Waals surface area contributed by atoms with Gasteiger partial charge in [0.25, 0.3) is 0 Å². The Balaban J connectivity index is 1.75. The van der Waals surface area contributed by atoms with Crippen molar-refractivity contribution in [2.75, 3.05) is 12.4 Å². The van der Waals surface area contributed by atoms with Crippen LogP contribution in [0.1, 0.15) is 28.7 Å². The zero-order valence-electron chi connectivity index (χ0n) is 16.9. The number of para-hydroxylation sites is 1. The molecule has 0 aromatic heterocycles. The van der Waals surface area contributed by atoms with Crippen LogP contribution in [0.15, 0.2) is 41.4 Å². The number of hydrogen-bond acceptors (Lipinski definition) is 4. The summed E-state index contributed by atoms with van der Waals surface area (Å²) in [5.74, 6) is -0.261. The van der Waals surface area contributed by atoms with Gasteiger partial charge in [-0.05, 0) is 50.5 Å². The second kappa shape index (κ2) is 8.19. The first-order valence-electron chi connectivity index (χ1n) is 9.22. The minimum atomic E-state index is -0.459. The van der Waals surface area contributed by atoms with Gasteiger partial charge in [0.1, 0.15) is 5.25 Å². The van der Waals surface area contributed by atoms with Crippen LogP contribution in [0, 0.1) is 27.7 Å². The largest absolute Gasteiger partial charge is 0.326 e. The van der Waals surface area contributed by atoms with Crippen LogP contribution in [0.5, 0.6) is 0 Å². The van der Waals surface area contributed by atoms with Crippen molar-refractivity contribution < 1.29 is 9.59 Å². The summed E-state index contributed by atoms with van der Waals surface area (Å²) in [6, 6.07) is 11.8. The molecule has 1 atom stereocenters. The summed E-state index contributed by atoms with van der Waals surface area (Å²) in [4.78, 5) is 31.4. The highest BCUT2D eigenvalue weighted by molar-refractivity contribution is 8.15. The molecule has 6 heteroatoms. The molecule has 5 nitrogen and oxygen atoms in total. The molecule has 146 valence electrons. The summed E-state index contributed by atoms with van der Waals surface area (Å²) in [7, 11) is 1.71. The number of anilines is 1. The first-order chi connectivity index (χ1) is 13.3. The van der Waals surface area contributed by atoms with Crippen LogP contribution in [0.3, 0.4) is 0 Å². The third-order valence-corrected chi connectivity index (χ3v) is 6.00. The number of amides is 2. The molecule has 1 fully saturated rings. The summed E-state index contributed by atoms with van der Waals surface area (Å²) >= 11 is 1.35. The Kier molecular flexibility index (Phi) is 5.89. The van der Waals surface area contributed by atoms with Crippen LogP contribution >= 0.6 is 11.8 Å². The normalized spacial score (nSPS) is 18.0. The lowest BCUT2D eigenvalue weighted by molar-refractivity contribution is -0.127. The fourth-order valence-corrected chi connectivity index (χ4v) is 4.46. The predicted octanol–water partition coefficient (Wildman–Crippen LogP) is 4.51. The van der Waals surface area contributed by atoms with Crippen LogP contribution in [-0.2, 0) is 9.59 Å². The van der Waals surface area contributed by atoms with E-state index in [1.807, 2.05) is 45.0 Å². The van der Waals surface area contributed by atoms with Crippen molar-refractivity contribution in [3.05, 3.63) is 58.7 Å². The smallest absolute Gasteiger partial charge is 0.242 e. The van der Waals surface area contributed by atoms with Crippen molar-refractivity contribution in [2.24, 2.45) is 4.99 Å². The first kappa shape index (κ1) is 20.1. The number of amidine groups is 1. The van der Waals surface area contributed by atoms with E-state index in [0.717, 1.165) is 28.1 Å². The number of aryl methyl sites for hydroxylation is 4. The highest BCUT2D eigenvalue weighted by Gasteiger charge is 2.37. The molecule has 1 heterocycles. The van der Waals surface area contributed by atoms with Crippen molar-refractivity contribution in [2.45, 2.75) is 39.4 Å². The van der Waals surface area contributed by atoms with E-state index >= 15 is 0 Å². The Hall–Kier alpha value is -2.60. The number of aliphatic imine (C=N–C) groups is 1. The molecule has 1 saturated heterocycles. The summed E-state index contributed by atoms with van der Waals surface area (Å²) < 4.78 is 0. The first-order valence-corrected chi connectivity index (χ1v) is 10.1. The van der Waals surface area contributed by atoms with Gasteiger partial charge in [-0.25, -0.2) is 4.99 Å². The Labute approximate surface area is 170 Å². The number of benzene rings is 2. The molecule has 0 bridgehead atoms. The van der Waals surface area contributed by atoms with Crippen LogP contribution in [0.4, 0.5) is 11.4 Å². The maximum atomic E-state index is 12.6. The third-order valence-electron chi connectivity index (χ3n) is 4.77. The van der Waals surface area contributed by atoms with Crippen LogP contribution in [-0.4, -0.2) is 34.2 Å². The molecular formula is C22H25N3O2S. The van der Waals surface area contributed by atoms with Gasteiger partial charge in [0.15, 0.2) is 5.17 Å². The van der Waals surface area contributed by atoms with Gasteiger partial charge in [0, 0.05) is 19.2 Å². The average Bonchev–Trinajstić information content (AvgIpc) is 2.88. The summed E-state index contributed by atoms with van der Waals surface area (Å²) in [5, 5.41) is 3.07. The van der Waals surface area contributed by atoms with E-state index in [1.165, 1.54) is 17.3 Å². The van der Waals surface area contributed by atoms with E-state index in [0.29, 0.717) is 5.17 Å². The van der Waals surface area contributed by atoms with Gasteiger partial charge in [0.05, 0.1) is 5.69 Å². The molecule has 0 saturated carbocycles. The summed E-state index contributed by atoms with van der Waals surface area (Å²) in [6.45, 7) is 8.04. The van der Waals surface area contributed by atoms with Crippen LogP contribution in [0.25, 0.3) is 0 Å². The lowest BCUT2D eigenvalue weighted by atomic mass is 10.1. The highest BCUT2D eigenvalue weighted by Crippen LogP contribution is 2.33. The van der Waals surface area contributed by atoms with Gasteiger partial charge in [-0.1, -0.05) is 47.7 Å². The van der Waals surface area contributed by atoms with Crippen LogP contribution in [0.2, 0.25) is 0 Å². The number of thioether (sulfide) groups is 1. The maximum absolute atomic E-state index is 12.6. The molecule has 1 aliphatic heterocycles.